The molecule has 3 rings (SSSR count). The van der Waals surface area contributed by atoms with Crippen LogP contribution in [0.2, 0.25) is 10.0 Å². The highest BCUT2D eigenvalue weighted by Crippen LogP contribution is 2.33. The Labute approximate surface area is 157 Å². The number of nitrogens with one attached hydrogen (secondary N) is 1. The summed E-state index contributed by atoms with van der Waals surface area (Å²) in [7, 11) is 0. The second-order valence-corrected chi connectivity index (χ2v) is 7.73. The normalized spacial score (nSPS) is 13.5. The molecule has 7 heteroatoms. The Morgan fingerprint density at radius 2 is 2.04 bits per heavy atom. The Hall–Kier alpha value is -1.37. The van der Waals surface area contributed by atoms with Crippen LogP contribution in [0.3, 0.4) is 0 Å². The van der Waals surface area contributed by atoms with Gasteiger partial charge in [0.15, 0.2) is 0 Å². The standard InChI is InChI=1S/C17H13Cl2NO2S2/c18-12-3-4-14(19)13(8-12)16(21)20-10-17(22,11-5-7-23-9-11)15-2-1-6-24-15/h1-9,22H,10H2,(H,20,21)/t17-/m0/s1. The van der Waals surface area contributed by atoms with E-state index in [1.165, 1.54) is 28.7 Å². The third kappa shape index (κ3) is 3.50. The molecule has 2 aromatic heterocycles. The van der Waals surface area contributed by atoms with Crippen molar-refractivity contribution in [1.82, 2.24) is 5.32 Å². The van der Waals surface area contributed by atoms with E-state index in [1.54, 1.807) is 12.1 Å². The molecule has 0 aliphatic carbocycles. The minimum absolute atomic E-state index is 0.0337. The number of halogens is 2. The fourth-order valence-electron chi connectivity index (χ4n) is 2.32. The molecule has 0 aliphatic rings. The zero-order chi connectivity index (χ0) is 17.2. The molecule has 0 spiro atoms. The number of hydrogen-bond donors (Lipinski definition) is 2. The van der Waals surface area contributed by atoms with Gasteiger partial charge in [0.25, 0.3) is 5.91 Å². The largest absolute Gasteiger partial charge is 0.378 e. The number of thiophene rings is 2. The first-order chi connectivity index (χ1) is 11.5. The lowest BCUT2D eigenvalue weighted by Crippen LogP contribution is -2.41. The number of aliphatic hydroxyl groups is 1. The zero-order valence-corrected chi connectivity index (χ0v) is 15.5. The Kier molecular flexibility index (Phi) is 5.27. The quantitative estimate of drug-likeness (QED) is 0.650. The summed E-state index contributed by atoms with van der Waals surface area (Å²) in [5.74, 6) is -0.382. The van der Waals surface area contributed by atoms with Crippen LogP contribution in [0.25, 0.3) is 0 Å². The van der Waals surface area contributed by atoms with Gasteiger partial charge >= 0.3 is 0 Å². The minimum Gasteiger partial charge on any atom is -0.378 e. The Bertz CT molecular complexity index is 798. The summed E-state index contributed by atoms with van der Waals surface area (Å²) in [6.07, 6.45) is 0. The van der Waals surface area contributed by atoms with E-state index >= 15 is 0 Å². The SMILES string of the molecule is O=C(NC[C@](O)(c1ccsc1)c1cccs1)c1cc(Cl)ccc1Cl. The molecule has 0 saturated carbocycles. The van der Waals surface area contributed by atoms with E-state index in [-0.39, 0.29) is 18.0 Å². The number of benzene rings is 1. The van der Waals surface area contributed by atoms with E-state index in [2.05, 4.69) is 5.32 Å². The Morgan fingerprint density at radius 3 is 2.71 bits per heavy atom. The van der Waals surface area contributed by atoms with Crippen molar-refractivity contribution in [3.05, 3.63) is 78.6 Å². The predicted molar refractivity (Wildman–Crippen MR) is 100 cm³/mol. The molecule has 3 aromatic rings. The van der Waals surface area contributed by atoms with E-state index in [1.807, 2.05) is 34.3 Å². The summed E-state index contributed by atoms with van der Waals surface area (Å²) in [6.45, 7) is 0.0337. The maximum Gasteiger partial charge on any atom is 0.252 e. The highest BCUT2D eigenvalue weighted by Gasteiger charge is 2.33. The summed E-state index contributed by atoms with van der Waals surface area (Å²) in [5.41, 5.74) is -0.259. The van der Waals surface area contributed by atoms with Gasteiger partial charge in [0, 0.05) is 15.5 Å². The van der Waals surface area contributed by atoms with Crippen LogP contribution in [0.4, 0.5) is 0 Å². The second kappa shape index (κ2) is 7.25. The molecule has 0 saturated heterocycles. The van der Waals surface area contributed by atoms with Gasteiger partial charge in [-0.1, -0.05) is 29.3 Å². The average Bonchev–Trinajstić information content (AvgIpc) is 3.28. The molecule has 1 atom stereocenters. The highest BCUT2D eigenvalue weighted by molar-refractivity contribution is 7.10. The van der Waals surface area contributed by atoms with Crippen LogP contribution >= 0.6 is 45.9 Å². The fourth-order valence-corrected chi connectivity index (χ4v) is 4.27. The molecule has 3 nitrogen and oxygen atoms in total. The minimum atomic E-state index is -1.28. The van der Waals surface area contributed by atoms with Crippen LogP contribution in [0.1, 0.15) is 20.8 Å². The molecule has 24 heavy (non-hydrogen) atoms. The first kappa shape index (κ1) is 17.5. The van der Waals surface area contributed by atoms with Crippen molar-refractivity contribution in [3.63, 3.8) is 0 Å². The monoisotopic (exact) mass is 397 g/mol. The average molecular weight is 398 g/mol. The van der Waals surface area contributed by atoms with E-state index in [0.717, 1.165) is 10.4 Å². The molecule has 2 N–H and O–H groups in total. The van der Waals surface area contributed by atoms with Crippen molar-refractivity contribution in [1.29, 1.82) is 0 Å². The molecule has 0 aliphatic heterocycles. The van der Waals surface area contributed by atoms with Crippen molar-refractivity contribution in [2.24, 2.45) is 0 Å². The molecule has 1 aromatic carbocycles. The van der Waals surface area contributed by atoms with Gasteiger partial charge in [-0.2, -0.15) is 11.3 Å². The number of rotatable bonds is 5. The van der Waals surface area contributed by atoms with Crippen LogP contribution in [0.15, 0.2) is 52.5 Å². The lowest BCUT2D eigenvalue weighted by atomic mass is 9.94. The predicted octanol–water partition coefficient (Wildman–Crippen LogP) is 4.78. The molecule has 124 valence electrons. The van der Waals surface area contributed by atoms with Gasteiger partial charge in [0.05, 0.1) is 17.1 Å². The van der Waals surface area contributed by atoms with Crippen LogP contribution in [0.5, 0.6) is 0 Å². The van der Waals surface area contributed by atoms with Gasteiger partial charge in [-0.05, 0) is 46.5 Å². The third-order valence-corrected chi connectivity index (χ3v) is 5.87. The van der Waals surface area contributed by atoms with E-state index in [4.69, 9.17) is 23.2 Å². The van der Waals surface area contributed by atoms with Gasteiger partial charge in [0.2, 0.25) is 0 Å². The molecule has 0 radical (unpaired) electrons. The maximum atomic E-state index is 12.4. The van der Waals surface area contributed by atoms with E-state index in [0.29, 0.717) is 10.0 Å². The van der Waals surface area contributed by atoms with Gasteiger partial charge in [-0.15, -0.1) is 11.3 Å². The first-order valence-corrected chi connectivity index (χ1v) is 9.61. The molecule has 1 amide bonds. The van der Waals surface area contributed by atoms with Gasteiger partial charge in [-0.25, -0.2) is 0 Å². The Morgan fingerprint density at radius 1 is 1.21 bits per heavy atom. The fraction of sp³-hybridized carbons (Fsp3) is 0.118. The third-order valence-electron chi connectivity index (χ3n) is 3.61. The maximum absolute atomic E-state index is 12.4. The number of carbonyl (C=O) groups excluding carboxylic acids is 1. The first-order valence-electron chi connectivity index (χ1n) is 7.03. The van der Waals surface area contributed by atoms with Crippen molar-refractivity contribution >= 4 is 51.8 Å². The van der Waals surface area contributed by atoms with Crippen molar-refractivity contribution in [2.75, 3.05) is 6.54 Å². The molecular weight excluding hydrogens is 385 g/mol. The van der Waals surface area contributed by atoms with Crippen molar-refractivity contribution in [2.45, 2.75) is 5.60 Å². The highest BCUT2D eigenvalue weighted by atomic mass is 35.5. The van der Waals surface area contributed by atoms with E-state index in [9.17, 15) is 9.90 Å². The van der Waals surface area contributed by atoms with Crippen LogP contribution in [0, 0.1) is 0 Å². The second-order valence-electron chi connectivity index (χ2n) is 5.16. The van der Waals surface area contributed by atoms with Crippen molar-refractivity contribution in [3.8, 4) is 0 Å². The van der Waals surface area contributed by atoms with Gasteiger partial charge < -0.3 is 10.4 Å². The van der Waals surface area contributed by atoms with E-state index < -0.39 is 5.60 Å². The zero-order valence-electron chi connectivity index (χ0n) is 12.3. The summed E-state index contributed by atoms with van der Waals surface area (Å²) >= 11 is 14.9. The molecule has 0 bridgehead atoms. The summed E-state index contributed by atoms with van der Waals surface area (Å²) < 4.78 is 0. The lowest BCUT2D eigenvalue weighted by Gasteiger charge is -2.27. The lowest BCUT2D eigenvalue weighted by molar-refractivity contribution is 0.0721. The Balaban J connectivity index is 1.85. The number of carbonyl (C=O) groups is 1. The summed E-state index contributed by atoms with van der Waals surface area (Å²) in [5, 5.41) is 20.4. The van der Waals surface area contributed by atoms with Crippen LogP contribution in [-0.2, 0) is 5.60 Å². The number of amides is 1. The summed E-state index contributed by atoms with van der Waals surface area (Å²) in [4.78, 5) is 13.2. The topological polar surface area (TPSA) is 49.3 Å². The molecule has 2 heterocycles. The van der Waals surface area contributed by atoms with Crippen molar-refractivity contribution < 1.29 is 9.90 Å². The summed E-state index contributed by atoms with van der Waals surface area (Å²) in [6, 6.07) is 10.3. The number of hydrogen-bond acceptors (Lipinski definition) is 4. The smallest absolute Gasteiger partial charge is 0.252 e. The molecule has 0 unspecified atom stereocenters. The van der Waals surface area contributed by atoms with Gasteiger partial charge in [-0.3, -0.25) is 4.79 Å². The molecular formula is C17H13Cl2NO2S2. The molecule has 0 fully saturated rings. The van der Waals surface area contributed by atoms with Crippen LogP contribution < -0.4 is 5.32 Å². The van der Waals surface area contributed by atoms with Gasteiger partial charge in [0.1, 0.15) is 5.60 Å². The van der Waals surface area contributed by atoms with Crippen LogP contribution in [-0.4, -0.2) is 17.6 Å².